The standard InChI is InChI=1S/C20H24N2O2/c1-3-24-19-13-7-6-11-17(19)21-20(23)22-14-8-12-18(22)16-10-5-4-9-15(16)2/h4-7,9-11,13,18H,3,8,12,14H2,1-2H3,(H,21,23)/t18-/m0/s1. The Morgan fingerprint density at radius 1 is 1.21 bits per heavy atom. The maximum absolute atomic E-state index is 12.8. The first-order valence-electron chi connectivity index (χ1n) is 8.55. The fourth-order valence-corrected chi connectivity index (χ4v) is 3.33. The van der Waals surface area contributed by atoms with E-state index in [4.69, 9.17) is 4.74 Å². The lowest BCUT2D eigenvalue weighted by atomic mass is 9.99. The van der Waals surface area contributed by atoms with Crippen molar-refractivity contribution >= 4 is 11.7 Å². The van der Waals surface area contributed by atoms with E-state index in [0.29, 0.717) is 12.4 Å². The number of anilines is 1. The molecule has 126 valence electrons. The molecule has 0 aromatic heterocycles. The zero-order valence-corrected chi connectivity index (χ0v) is 14.3. The number of nitrogens with zero attached hydrogens (tertiary/aromatic N) is 1. The molecule has 1 aliphatic rings. The normalized spacial score (nSPS) is 16.9. The van der Waals surface area contributed by atoms with Gasteiger partial charge in [0.1, 0.15) is 5.75 Å². The molecular formula is C20H24N2O2. The summed E-state index contributed by atoms with van der Waals surface area (Å²) < 4.78 is 5.60. The SMILES string of the molecule is CCOc1ccccc1NC(=O)N1CCC[C@H]1c1ccccc1C. The van der Waals surface area contributed by atoms with Gasteiger partial charge in [-0.15, -0.1) is 0 Å². The van der Waals surface area contributed by atoms with Gasteiger partial charge in [-0.25, -0.2) is 4.79 Å². The third-order valence-electron chi connectivity index (χ3n) is 4.49. The molecule has 0 unspecified atom stereocenters. The highest BCUT2D eigenvalue weighted by molar-refractivity contribution is 5.91. The van der Waals surface area contributed by atoms with Crippen LogP contribution in [0.3, 0.4) is 0 Å². The largest absolute Gasteiger partial charge is 0.492 e. The maximum atomic E-state index is 12.8. The van der Waals surface area contributed by atoms with Crippen LogP contribution in [0, 0.1) is 6.92 Å². The lowest BCUT2D eigenvalue weighted by Crippen LogP contribution is -2.34. The molecule has 4 nitrogen and oxygen atoms in total. The van der Waals surface area contributed by atoms with Gasteiger partial charge in [0.2, 0.25) is 0 Å². The number of hydrogen-bond donors (Lipinski definition) is 1. The molecule has 1 atom stereocenters. The Morgan fingerprint density at radius 2 is 1.96 bits per heavy atom. The summed E-state index contributed by atoms with van der Waals surface area (Å²) in [4.78, 5) is 14.8. The van der Waals surface area contributed by atoms with E-state index in [2.05, 4.69) is 24.4 Å². The quantitative estimate of drug-likeness (QED) is 0.880. The van der Waals surface area contributed by atoms with Gasteiger partial charge in [-0.2, -0.15) is 0 Å². The number of hydrogen-bond acceptors (Lipinski definition) is 2. The van der Waals surface area contributed by atoms with Gasteiger partial charge in [-0.3, -0.25) is 0 Å². The topological polar surface area (TPSA) is 41.6 Å². The van der Waals surface area contributed by atoms with E-state index in [9.17, 15) is 4.79 Å². The van der Waals surface area contributed by atoms with E-state index in [1.807, 2.05) is 48.2 Å². The predicted molar refractivity (Wildman–Crippen MR) is 96.5 cm³/mol. The van der Waals surface area contributed by atoms with Gasteiger partial charge in [-0.1, -0.05) is 36.4 Å². The lowest BCUT2D eigenvalue weighted by Gasteiger charge is -2.27. The molecule has 2 aromatic rings. The number of ether oxygens (including phenoxy) is 1. The second-order valence-electron chi connectivity index (χ2n) is 6.07. The van der Waals surface area contributed by atoms with Crippen LogP contribution in [0.1, 0.15) is 36.9 Å². The second kappa shape index (κ2) is 7.39. The number of likely N-dealkylation sites (tertiary alicyclic amines) is 1. The molecule has 4 heteroatoms. The fourth-order valence-electron chi connectivity index (χ4n) is 3.33. The minimum Gasteiger partial charge on any atom is -0.492 e. The van der Waals surface area contributed by atoms with Crippen LogP contribution in [-0.4, -0.2) is 24.1 Å². The number of nitrogens with one attached hydrogen (secondary N) is 1. The third-order valence-corrected chi connectivity index (χ3v) is 4.49. The summed E-state index contributed by atoms with van der Waals surface area (Å²) in [6, 6.07) is 16.0. The first kappa shape index (κ1) is 16.4. The molecule has 0 bridgehead atoms. The van der Waals surface area contributed by atoms with Crippen LogP contribution in [0.15, 0.2) is 48.5 Å². The second-order valence-corrected chi connectivity index (χ2v) is 6.07. The van der Waals surface area contributed by atoms with E-state index >= 15 is 0 Å². The first-order chi connectivity index (χ1) is 11.7. The third kappa shape index (κ3) is 3.37. The number of amides is 2. The molecule has 0 aliphatic carbocycles. The summed E-state index contributed by atoms with van der Waals surface area (Å²) in [6.07, 6.45) is 2.03. The number of aryl methyl sites for hydroxylation is 1. The predicted octanol–water partition coefficient (Wildman–Crippen LogP) is 4.76. The Labute approximate surface area is 143 Å². The minimum atomic E-state index is -0.0621. The Balaban J connectivity index is 1.78. The summed E-state index contributed by atoms with van der Waals surface area (Å²) in [5.41, 5.74) is 3.19. The van der Waals surface area contributed by atoms with E-state index in [1.165, 1.54) is 11.1 Å². The van der Waals surface area contributed by atoms with Crippen LogP contribution in [0.5, 0.6) is 5.75 Å². The number of para-hydroxylation sites is 2. The monoisotopic (exact) mass is 324 g/mol. The first-order valence-corrected chi connectivity index (χ1v) is 8.55. The van der Waals surface area contributed by atoms with Crippen molar-refractivity contribution in [2.75, 3.05) is 18.5 Å². The molecule has 1 fully saturated rings. The molecule has 2 aromatic carbocycles. The number of carbonyl (C=O) groups excluding carboxylic acids is 1. The Morgan fingerprint density at radius 3 is 2.75 bits per heavy atom. The zero-order chi connectivity index (χ0) is 16.9. The van der Waals surface area contributed by atoms with Crippen LogP contribution in [0.4, 0.5) is 10.5 Å². The highest BCUT2D eigenvalue weighted by Crippen LogP contribution is 2.34. The number of rotatable bonds is 4. The number of urea groups is 1. The molecule has 1 N–H and O–H groups in total. The molecular weight excluding hydrogens is 300 g/mol. The zero-order valence-electron chi connectivity index (χ0n) is 14.3. The molecule has 0 saturated carbocycles. The lowest BCUT2D eigenvalue weighted by molar-refractivity contribution is 0.206. The molecule has 1 aliphatic heterocycles. The summed E-state index contributed by atoms with van der Waals surface area (Å²) in [7, 11) is 0. The van der Waals surface area contributed by atoms with Crippen LogP contribution in [-0.2, 0) is 0 Å². The van der Waals surface area contributed by atoms with Crippen molar-refractivity contribution in [3.8, 4) is 5.75 Å². The van der Waals surface area contributed by atoms with Crippen molar-refractivity contribution in [2.24, 2.45) is 0 Å². The fraction of sp³-hybridized carbons (Fsp3) is 0.350. The average molecular weight is 324 g/mol. The van der Waals surface area contributed by atoms with Crippen LogP contribution < -0.4 is 10.1 Å². The van der Waals surface area contributed by atoms with Gasteiger partial charge in [0, 0.05) is 6.54 Å². The van der Waals surface area contributed by atoms with E-state index < -0.39 is 0 Å². The summed E-state index contributed by atoms with van der Waals surface area (Å²) in [5, 5.41) is 3.02. The van der Waals surface area contributed by atoms with Gasteiger partial charge in [0.05, 0.1) is 18.3 Å². The highest BCUT2D eigenvalue weighted by Gasteiger charge is 2.31. The Kier molecular flexibility index (Phi) is 5.04. The molecule has 0 radical (unpaired) electrons. The van der Waals surface area contributed by atoms with Gasteiger partial charge in [0.25, 0.3) is 0 Å². The molecule has 3 rings (SSSR count). The van der Waals surface area contributed by atoms with E-state index in [-0.39, 0.29) is 12.1 Å². The molecule has 24 heavy (non-hydrogen) atoms. The summed E-state index contributed by atoms with van der Waals surface area (Å²) in [6.45, 7) is 5.39. The van der Waals surface area contributed by atoms with Crippen LogP contribution in [0.2, 0.25) is 0 Å². The minimum absolute atomic E-state index is 0.0621. The van der Waals surface area contributed by atoms with Crippen molar-refractivity contribution in [3.05, 3.63) is 59.7 Å². The number of benzene rings is 2. The Bertz CT molecular complexity index is 714. The van der Waals surface area contributed by atoms with Crippen molar-refractivity contribution < 1.29 is 9.53 Å². The van der Waals surface area contributed by atoms with Crippen molar-refractivity contribution in [1.29, 1.82) is 0 Å². The molecule has 1 saturated heterocycles. The van der Waals surface area contributed by atoms with E-state index in [1.54, 1.807) is 0 Å². The van der Waals surface area contributed by atoms with Gasteiger partial charge in [-0.05, 0) is 49.9 Å². The summed E-state index contributed by atoms with van der Waals surface area (Å²) >= 11 is 0. The molecule has 1 heterocycles. The number of carbonyl (C=O) groups is 1. The van der Waals surface area contributed by atoms with Crippen molar-refractivity contribution in [1.82, 2.24) is 4.90 Å². The van der Waals surface area contributed by atoms with Crippen molar-refractivity contribution in [3.63, 3.8) is 0 Å². The Hall–Kier alpha value is -2.49. The maximum Gasteiger partial charge on any atom is 0.322 e. The van der Waals surface area contributed by atoms with Gasteiger partial charge >= 0.3 is 6.03 Å². The van der Waals surface area contributed by atoms with Gasteiger partial charge < -0.3 is 15.0 Å². The van der Waals surface area contributed by atoms with Crippen LogP contribution in [0.25, 0.3) is 0 Å². The smallest absolute Gasteiger partial charge is 0.322 e. The average Bonchev–Trinajstić information content (AvgIpc) is 3.07. The van der Waals surface area contributed by atoms with Gasteiger partial charge in [0.15, 0.2) is 0 Å². The molecule has 0 spiro atoms. The molecule has 2 amide bonds. The van der Waals surface area contributed by atoms with Crippen LogP contribution >= 0.6 is 0 Å². The highest BCUT2D eigenvalue weighted by atomic mass is 16.5. The van der Waals surface area contributed by atoms with Crippen molar-refractivity contribution in [2.45, 2.75) is 32.7 Å². The summed E-state index contributed by atoms with van der Waals surface area (Å²) in [5.74, 6) is 0.708. The van der Waals surface area contributed by atoms with E-state index in [0.717, 1.165) is 25.1 Å².